The van der Waals surface area contributed by atoms with Crippen LogP contribution in [-0.4, -0.2) is 10.9 Å². The van der Waals surface area contributed by atoms with E-state index in [0.717, 1.165) is 11.1 Å². The van der Waals surface area contributed by atoms with Gasteiger partial charge in [-0.3, -0.25) is 4.79 Å². The van der Waals surface area contributed by atoms with E-state index in [1.165, 1.54) is 13.0 Å². The molecular formula is C14H12O2. The number of phenols is 1. The standard InChI is InChI=1S/C14H12O2/c1-10(15)14-9-12(16)7-8-13(14)11-5-3-2-4-6-11/h2-9,16H,1H3. The van der Waals surface area contributed by atoms with Gasteiger partial charge < -0.3 is 5.11 Å². The summed E-state index contributed by atoms with van der Waals surface area (Å²) in [5.41, 5.74) is 2.38. The van der Waals surface area contributed by atoms with Gasteiger partial charge in [-0.25, -0.2) is 0 Å². The van der Waals surface area contributed by atoms with Crippen molar-refractivity contribution in [2.45, 2.75) is 6.92 Å². The highest BCUT2D eigenvalue weighted by Gasteiger charge is 2.09. The zero-order chi connectivity index (χ0) is 11.5. The number of hydrogen-bond donors (Lipinski definition) is 1. The van der Waals surface area contributed by atoms with E-state index in [4.69, 9.17) is 0 Å². The Labute approximate surface area is 94.2 Å². The van der Waals surface area contributed by atoms with E-state index < -0.39 is 0 Å². The van der Waals surface area contributed by atoms with Crippen LogP contribution in [0.5, 0.6) is 5.75 Å². The van der Waals surface area contributed by atoms with Crippen molar-refractivity contribution in [1.82, 2.24) is 0 Å². The molecule has 2 aromatic rings. The minimum absolute atomic E-state index is 0.0465. The third kappa shape index (κ3) is 1.96. The van der Waals surface area contributed by atoms with E-state index in [2.05, 4.69) is 0 Å². The second kappa shape index (κ2) is 4.19. The Morgan fingerprint density at radius 1 is 1.06 bits per heavy atom. The van der Waals surface area contributed by atoms with Crippen molar-refractivity contribution in [3.05, 3.63) is 54.1 Å². The number of carbonyl (C=O) groups excluding carboxylic acids is 1. The Kier molecular flexibility index (Phi) is 2.73. The number of aromatic hydroxyl groups is 1. The number of hydrogen-bond acceptors (Lipinski definition) is 2. The predicted molar refractivity (Wildman–Crippen MR) is 63.5 cm³/mol. The molecule has 0 radical (unpaired) electrons. The van der Waals surface area contributed by atoms with Gasteiger partial charge in [0, 0.05) is 5.56 Å². The third-order valence-corrected chi connectivity index (χ3v) is 2.47. The zero-order valence-electron chi connectivity index (χ0n) is 8.97. The highest BCUT2D eigenvalue weighted by molar-refractivity contribution is 6.01. The molecule has 2 nitrogen and oxygen atoms in total. The first-order valence-corrected chi connectivity index (χ1v) is 5.08. The number of Topliss-reactive ketones (excluding diaryl/α,β-unsaturated/α-hetero) is 1. The molecule has 0 aliphatic rings. The second-order valence-electron chi connectivity index (χ2n) is 3.65. The average molecular weight is 212 g/mol. The summed E-state index contributed by atoms with van der Waals surface area (Å²) in [5.74, 6) is 0.0691. The quantitative estimate of drug-likeness (QED) is 0.776. The first-order chi connectivity index (χ1) is 7.68. The molecule has 0 aliphatic heterocycles. The summed E-state index contributed by atoms with van der Waals surface area (Å²) in [5, 5.41) is 9.38. The molecule has 0 amide bonds. The van der Waals surface area contributed by atoms with Crippen molar-refractivity contribution >= 4 is 5.78 Å². The molecule has 0 atom stereocenters. The molecule has 0 saturated heterocycles. The summed E-state index contributed by atoms with van der Waals surface area (Å²) in [6.45, 7) is 1.50. The van der Waals surface area contributed by atoms with Crippen LogP contribution in [0.25, 0.3) is 11.1 Å². The van der Waals surface area contributed by atoms with Crippen molar-refractivity contribution in [2.75, 3.05) is 0 Å². The van der Waals surface area contributed by atoms with Gasteiger partial charge in [-0.2, -0.15) is 0 Å². The van der Waals surface area contributed by atoms with Gasteiger partial charge in [0.25, 0.3) is 0 Å². The zero-order valence-corrected chi connectivity index (χ0v) is 8.97. The maximum absolute atomic E-state index is 11.5. The van der Waals surface area contributed by atoms with Crippen LogP contribution in [0.3, 0.4) is 0 Å². The molecule has 0 heterocycles. The van der Waals surface area contributed by atoms with Crippen molar-refractivity contribution in [3.63, 3.8) is 0 Å². The molecule has 0 bridgehead atoms. The molecule has 0 fully saturated rings. The summed E-state index contributed by atoms with van der Waals surface area (Å²) in [4.78, 5) is 11.5. The van der Waals surface area contributed by atoms with Gasteiger partial charge in [0.15, 0.2) is 5.78 Å². The summed E-state index contributed by atoms with van der Waals surface area (Å²) in [6.07, 6.45) is 0. The monoisotopic (exact) mass is 212 g/mol. The van der Waals surface area contributed by atoms with Gasteiger partial charge in [-0.05, 0) is 36.2 Å². The summed E-state index contributed by atoms with van der Waals surface area (Å²) >= 11 is 0. The highest BCUT2D eigenvalue weighted by Crippen LogP contribution is 2.27. The minimum atomic E-state index is -0.0465. The smallest absolute Gasteiger partial charge is 0.160 e. The molecule has 0 aromatic heterocycles. The maximum Gasteiger partial charge on any atom is 0.160 e. The van der Waals surface area contributed by atoms with E-state index in [1.54, 1.807) is 12.1 Å². The van der Waals surface area contributed by atoms with Gasteiger partial charge in [0.2, 0.25) is 0 Å². The van der Waals surface area contributed by atoms with Crippen LogP contribution >= 0.6 is 0 Å². The minimum Gasteiger partial charge on any atom is -0.508 e. The number of carbonyl (C=O) groups is 1. The molecule has 1 N–H and O–H groups in total. The Bertz CT molecular complexity index is 516. The van der Waals surface area contributed by atoms with Crippen LogP contribution in [0.1, 0.15) is 17.3 Å². The summed E-state index contributed by atoms with van der Waals surface area (Å²) < 4.78 is 0. The second-order valence-corrected chi connectivity index (χ2v) is 3.65. The van der Waals surface area contributed by atoms with Gasteiger partial charge in [-0.1, -0.05) is 30.3 Å². The Morgan fingerprint density at radius 2 is 1.75 bits per heavy atom. The van der Waals surface area contributed by atoms with Crippen molar-refractivity contribution in [1.29, 1.82) is 0 Å². The molecule has 0 spiro atoms. The SMILES string of the molecule is CC(=O)c1cc(O)ccc1-c1ccccc1. The van der Waals surface area contributed by atoms with Crippen LogP contribution in [0.4, 0.5) is 0 Å². The predicted octanol–water partition coefficient (Wildman–Crippen LogP) is 3.26. The molecule has 0 saturated carbocycles. The molecule has 16 heavy (non-hydrogen) atoms. The van der Waals surface area contributed by atoms with Crippen LogP contribution in [-0.2, 0) is 0 Å². The number of phenolic OH excluding ortho intramolecular Hbond substituents is 1. The molecular weight excluding hydrogens is 200 g/mol. The topological polar surface area (TPSA) is 37.3 Å². The fourth-order valence-corrected chi connectivity index (χ4v) is 1.69. The lowest BCUT2D eigenvalue weighted by molar-refractivity contribution is 0.101. The van der Waals surface area contributed by atoms with Gasteiger partial charge >= 0.3 is 0 Å². The first kappa shape index (κ1) is 10.4. The third-order valence-electron chi connectivity index (χ3n) is 2.47. The van der Waals surface area contributed by atoms with Crippen LogP contribution < -0.4 is 0 Å². The van der Waals surface area contributed by atoms with Crippen LogP contribution in [0.15, 0.2) is 48.5 Å². The normalized spacial score (nSPS) is 10.1. The fraction of sp³-hybridized carbons (Fsp3) is 0.0714. The average Bonchev–Trinajstić information content (AvgIpc) is 2.30. The van der Waals surface area contributed by atoms with Gasteiger partial charge in [0.1, 0.15) is 5.75 Å². The Balaban J connectivity index is 2.61. The molecule has 2 aromatic carbocycles. The number of ketones is 1. The van der Waals surface area contributed by atoms with E-state index in [9.17, 15) is 9.90 Å². The maximum atomic E-state index is 11.5. The molecule has 80 valence electrons. The largest absolute Gasteiger partial charge is 0.508 e. The van der Waals surface area contributed by atoms with E-state index >= 15 is 0 Å². The molecule has 0 aliphatic carbocycles. The van der Waals surface area contributed by atoms with Gasteiger partial charge in [0.05, 0.1) is 0 Å². The van der Waals surface area contributed by atoms with Crippen LogP contribution in [0.2, 0.25) is 0 Å². The first-order valence-electron chi connectivity index (χ1n) is 5.08. The lowest BCUT2D eigenvalue weighted by Gasteiger charge is -2.07. The van der Waals surface area contributed by atoms with E-state index in [1.807, 2.05) is 30.3 Å². The van der Waals surface area contributed by atoms with Crippen molar-refractivity contribution < 1.29 is 9.90 Å². The van der Waals surface area contributed by atoms with E-state index in [0.29, 0.717) is 5.56 Å². The summed E-state index contributed by atoms with van der Waals surface area (Å²) in [7, 11) is 0. The highest BCUT2D eigenvalue weighted by atomic mass is 16.3. The number of rotatable bonds is 2. The van der Waals surface area contributed by atoms with Crippen LogP contribution in [0, 0.1) is 0 Å². The fourth-order valence-electron chi connectivity index (χ4n) is 1.69. The molecule has 2 heteroatoms. The Hall–Kier alpha value is -2.09. The van der Waals surface area contributed by atoms with E-state index in [-0.39, 0.29) is 11.5 Å². The van der Waals surface area contributed by atoms with Gasteiger partial charge in [-0.15, -0.1) is 0 Å². The van der Waals surface area contributed by atoms with Crippen molar-refractivity contribution in [3.8, 4) is 16.9 Å². The molecule has 0 unspecified atom stereocenters. The molecule has 2 rings (SSSR count). The lowest BCUT2D eigenvalue weighted by Crippen LogP contribution is -1.95. The lowest BCUT2D eigenvalue weighted by atomic mass is 9.97. The van der Waals surface area contributed by atoms with Crippen molar-refractivity contribution in [2.24, 2.45) is 0 Å². The summed E-state index contributed by atoms with van der Waals surface area (Å²) in [6, 6.07) is 14.5. The Morgan fingerprint density at radius 3 is 2.38 bits per heavy atom. The number of benzene rings is 2.